The van der Waals surface area contributed by atoms with Crippen LogP contribution in [0.15, 0.2) is 48.5 Å². The lowest BCUT2D eigenvalue weighted by Crippen LogP contribution is -2.32. The maximum Gasteiger partial charge on any atom is 0.421 e. The zero-order chi connectivity index (χ0) is 25.3. The van der Waals surface area contributed by atoms with Crippen LogP contribution in [0.25, 0.3) is 0 Å². The predicted octanol–water partition coefficient (Wildman–Crippen LogP) is 4.80. The summed E-state index contributed by atoms with van der Waals surface area (Å²) in [7, 11) is 0. The molecule has 2 aromatic carbocycles. The number of carbonyl (C=O) groups is 2. The first-order valence-corrected chi connectivity index (χ1v) is 10.7. The summed E-state index contributed by atoms with van der Waals surface area (Å²) in [6, 6.07) is 10.6. The quantitative estimate of drug-likeness (QED) is 0.366. The van der Waals surface area contributed by atoms with Crippen LogP contribution in [0.2, 0.25) is 5.02 Å². The molecule has 1 aliphatic heterocycles. The fourth-order valence-corrected chi connectivity index (χ4v) is 3.86. The smallest absolute Gasteiger partial charge is 0.421 e. The molecule has 6 nitrogen and oxygen atoms in total. The van der Waals surface area contributed by atoms with Crippen LogP contribution in [0, 0.1) is 5.82 Å². The number of rotatable bonds is 7. The number of hydrogen-bond donors (Lipinski definition) is 1. The monoisotopic (exact) mass is 508 g/mol. The number of aromatic nitrogens is 1. The highest BCUT2D eigenvalue weighted by Gasteiger charge is 2.38. The predicted molar refractivity (Wildman–Crippen MR) is 116 cm³/mol. The molecule has 2 amide bonds. The number of benzene rings is 2. The number of nitrogens with zero attached hydrogens (tertiary/aromatic N) is 2. The van der Waals surface area contributed by atoms with Gasteiger partial charge in [-0.2, -0.15) is 13.2 Å². The minimum absolute atomic E-state index is 0.0126. The van der Waals surface area contributed by atoms with Crippen LogP contribution < -0.4 is 4.74 Å². The number of imide groups is 1. The molecule has 0 atom stereocenters. The van der Waals surface area contributed by atoms with Crippen molar-refractivity contribution in [3.05, 3.63) is 92.9 Å². The summed E-state index contributed by atoms with van der Waals surface area (Å²) in [5.74, 6) is -2.69. The van der Waals surface area contributed by atoms with Crippen molar-refractivity contribution >= 4 is 23.4 Å². The second-order valence-corrected chi connectivity index (χ2v) is 8.12. The second kappa shape index (κ2) is 9.63. The van der Waals surface area contributed by atoms with E-state index in [2.05, 4.69) is 4.98 Å². The first-order chi connectivity index (χ1) is 16.6. The molecule has 0 aliphatic carbocycles. The lowest BCUT2D eigenvalue weighted by atomic mass is 10.1. The van der Waals surface area contributed by atoms with Gasteiger partial charge in [-0.05, 0) is 42.3 Å². The highest BCUT2D eigenvalue weighted by atomic mass is 35.5. The molecule has 0 saturated heterocycles. The van der Waals surface area contributed by atoms with Crippen molar-refractivity contribution in [2.24, 2.45) is 0 Å². The molecule has 0 bridgehead atoms. The first kappa shape index (κ1) is 24.6. The van der Waals surface area contributed by atoms with Gasteiger partial charge in [-0.25, -0.2) is 9.37 Å². The van der Waals surface area contributed by atoms with Crippen molar-refractivity contribution in [2.75, 3.05) is 6.54 Å². The summed E-state index contributed by atoms with van der Waals surface area (Å²) in [6.45, 7) is -1.49. The van der Waals surface area contributed by atoms with Gasteiger partial charge in [-0.15, -0.1) is 0 Å². The minimum atomic E-state index is -4.88. The molecule has 1 aliphatic rings. The van der Waals surface area contributed by atoms with Crippen molar-refractivity contribution in [3.8, 4) is 5.88 Å². The zero-order valence-electron chi connectivity index (χ0n) is 17.9. The van der Waals surface area contributed by atoms with E-state index in [-0.39, 0.29) is 45.9 Å². The Hall–Kier alpha value is -3.50. The normalized spacial score (nSPS) is 13.4. The van der Waals surface area contributed by atoms with Crippen molar-refractivity contribution in [3.63, 3.8) is 0 Å². The number of fused-ring (bicyclic) bond motifs is 1. The molecule has 35 heavy (non-hydrogen) atoms. The number of aliphatic hydroxyl groups excluding tert-OH is 1. The fourth-order valence-electron chi connectivity index (χ4n) is 3.70. The van der Waals surface area contributed by atoms with E-state index >= 15 is 0 Å². The number of ether oxygens (including phenoxy) is 1. The zero-order valence-corrected chi connectivity index (χ0v) is 18.7. The van der Waals surface area contributed by atoms with Gasteiger partial charge in [0.1, 0.15) is 18.0 Å². The molecule has 182 valence electrons. The lowest BCUT2D eigenvalue weighted by molar-refractivity contribution is -0.139. The summed E-state index contributed by atoms with van der Waals surface area (Å²) in [6.07, 6.45) is -5.05. The Bertz CT molecular complexity index is 1280. The maximum atomic E-state index is 14.0. The summed E-state index contributed by atoms with van der Waals surface area (Å²) < 4.78 is 60.5. The summed E-state index contributed by atoms with van der Waals surface area (Å²) in [5, 5.41) is 9.83. The summed E-state index contributed by atoms with van der Waals surface area (Å²) >= 11 is 5.68. The largest absolute Gasteiger partial charge is 0.472 e. The van der Waals surface area contributed by atoms with Gasteiger partial charge < -0.3 is 9.84 Å². The number of amides is 2. The van der Waals surface area contributed by atoms with Crippen molar-refractivity contribution in [1.29, 1.82) is 0 Å². The third-order valence-electron chi connectivity index (χ3n) is 5.47. The molecular formula is C24H17ClF4N2O4. The number of hydrogen-bond acceptors (Lipinski definition) is 5. The van der Waals surface area contributed by atoms with Crippen LogP contribution in [0.5, 0.6) is 5.88 Å². The number of carbonyl (C=O) groups excluding carboxylic acids is 2. The van der Waals surface area contributed by atoms with Crippen LogP contribution >= 0.6 is 11.6 Å². The Morgan fingerprint density at radius 2 is 1.66 bits per heavy atom. The van der Waals surface area contributed by atoms with E-state index in [9.17, 15) is 32.3 Å². The molecule has 0 saturated carbocycles. The Morgan fingerprint density at radius 3 is 2.23 bits per heavy atom. The van der Waals surface area contributed by atoms with Gasteiger partial charge in [0, 0.05) is 17.1 Å². The fraction of sp³-hybridized carbons (Fsp3) is 0.208. The molecular weight excluding hydrogens is 492 g/mol. The summed E-state index contributed by atoms with van der Waals surface area (Å²) in [4.78, 5) is 29.8. The van der Waals surface area contributed by atoms with Crippen LogP contribution in [-0.4, -0.2) is 33.3 Å². The van der Waals surface area contributed by atoms with Gasteiger partial charge in [0.05, 0.1) is 23.4 Å². The number of pyridine rings is 1. The maximum absolute atomic E-state index is 14.0. The van der Waals surface area contributed by atoms with Crippen molar-refractivity contribution in [2.45, 2.75) is 25.8 Å². The van der Waals surface area contributed by atoms with E-state index in [1.54, 1.807) is 12.1 Å². The van der Waals surface area contributed by atoms with Crippen molar-refractivity contribution in [1.82, 2.24) is 9.88 Å². The van der Waals surface area contributed by atoms with E-state index in [1.807, 2.05) is 0 Å². The van der Waals surface area contributed by atoms with Crippen LogP contribution in [0.4, 0.5) is 17.6 Å². The molecule has 0 spiro atoms. The third kappa shape index (κ3) is 4.98. The van der Waals surface area contributed by atoms with E-state index in [0.717, 1.165) is 17.0 Å². The number of halogens is 5. The van der Waals surface area contributed by atoms with Crippen LogP contribution in [0.1, 0.15) is 43.1 Å². The Labute approximate surface area is 201 Å². The topological polar surface area (TPSA) is 79.7 Å². The Kier molecular flexibility index (Phi) is 6.77. The molecule has 0 unspecified atom stereocenters. The lowest BCUT2D eigenvalue weighted by Gasteiger charge is -2.19. The third-order valence-corrected chi connectivity index (χ3v) is 5.71. The highest BCUT2D eigenvalue weighted by molar-refractivity contribution is 6.30. The standard InChI is InChI=1S/C24H17ClF4N2O4/c25-15-6-5-14(19(26)10-15)12-35-21-18(24(27,28)29)9-13(20(11-32)30-21)7-8-31-22(33)16-3-1-2-4-17(16)23(31)34/h1-6,9-10,32H,7-8,11-12H2. The van der Waals surface area contributed by atoms with Gasteiger partial charge in [0.2, 0.25) is 5.88 Å². The van der Waals surface area contributed by atoms with Crippen LogP contribution in [-0.2, 0) is 25.8 Å². The number of alkyl halides is 3. The van der Waals surface area contributed by atoms with Gasteiger partial charge in [-0.1, -0.05) is 29.8 Å². The molecule has 11 heteroatoms. The Morgan fingerprint density at radius 1 is 1.00 bits per heavy atom. The van der Waals surface area contributed by atoms with E-state index < -0.39 is 48.5 Å². The highest BCUT2D eigenvalue weighted by Crippen LogP contribution is 2.37. The van der Waals surface area contributed by atoms with Crippen molar-refractivity contribution < 1.29 is 37.0 Å². The molecule has 2 heterocycles. The minimum Gasteiger partial charge on any atom is -0.472 e. The van der Waals surface area contributed by atoms with E-state index in [0.29, 0.717) is 0 Å². The SMILES string of the molecule is O=C1c2ccccc2C(=O)N1CCc1cc(C(F)(F)F)c(OCc2ccc(Cl)cc2F)nc1CO. The molecule has 3 aromatic rings. The van der Waals surface area contributed by atoms with Gasteiger partial charge in [0.25, 0.3) is 11.8 Å². The van der Waals surface area contributed by atoms with E-state index in [1.165, 1.54) is 24.3 Å². The average molecular weight is 509 g/mol. The molecule has 0 radical (unpaired) electrons. The van der Waals surface area contributed by atoms with Gasteiger partial charge in [-0.3, -0.25) is 14.5 Å². The molecule has 1 N–H and O–H groups in total. The van der Waals surface area contributed by atoms with Gasteiger partial charge >= 0.3 is 6.18 Å². The molecule has 1 aromatic heterocycles. The second-order valence-electron chi connectivity index (χ2n) is 7.68. The van der Waals surface area contributed by atoms with E-state index in [4.69, 9.17) is 16.3 Å². The molecule has 0 fully saturated rings. The summed E-state index contributed by atoms with van der Waals surface area (Å²) in [5.41, 5.74) is -0.979. The Balaban J connectivity index is 1.59. The number of aliphatic hydroxyl groups is 1. The first-order valence-electron chi connectivity index (χ1n) is 10.3. The average Bonchev–Trinajstić information content (AvgIpc) is 3.06. The van der Waals surface area contributed by atoms with Crippen LogP contribution in [0.3, 0.4) is 0 Å². The van der Waals surface area contributed by atoms with Gasteiger partial charge in [0.15, 0.2) is 0 Å². The molecule has 4 rings (SSSR count).